The first-order chi connectivity index (χ1) is 6.68. The molecule has 0 bridgehead atoms. The van der Waals surface area contributed by atoms with Gasteiger partial charge >= 0.3 is 0 Å². The van der Waals surface area contributed by atoms with Crippen molar-refractivity contribution in [3.8, 4) is 0 Å². The Morgan fingerprint density at radius 3 is 2.93 bits per heavy atom. The van der Waals surface area contributed by atoms with E-state index in [-0.39, 0.29) is 5.92 Å². The van der Waals surface area contributed by atoms with Crippen LogP contribution < -0.4 is 0 Å². The number of hydrogen-bond acceptors (Lipinski definition) is 3. The van der Waals surface area contributed by atoms with Gasteiger partial charge in [0.1, 0.15) is 17.9 Å². The first kappa shape index (κ1) is 9.37. The molecule has 4 nitrogen and oxygen atoms in total. The number of nitrogens with zero attached hydrogens (tertiary/aromatic N) is 3. The molecule has 1 heterocycles. The second-order valence-electron chi connectivity index (χ2n) is 4.06. The lowest BCUT2D eigenvalue weighted by molar-refractivity contribution is -0.120. The van der Waals surface area contributed by atoms with E-state index in [1.54, 1.807) is 11.0 Å². The van der Waals surface area contributed by atoms with Crippen molar-refractivity contribution in [3.63, 3.8) is 0 Å². The molecular weight excluding hydrogens is 178 g/mol. The standard InChI is InChI=1S/C10H15N3O/c1-7-8(3-4-9(7)14)5-10-11-6-12-13(10)2/h6-8H,3-5H2,1-2H3. The smallest absolute Gasteiger partial charge is 0.138 e. The van der Waals surface area contributed by atoms with Gasteiger partial charge in [0.25, 0.3) is 0 Å². The fraction of sp³-hybridized carbons (Fsp3) is 0.700. The number of rotatable bonds is 2. The van der Waals surface area contributed by atoms with Crippen molar-refractivity contribution >= 4 is 5.78 Å². The van der Waals surface area contributed by atoms with E-state index in [0.29, 0.717) is 11.7 Å². The van der Waals surface area contributed by atoms with E-state index in [1.165, 1.54) is 0 Å². The third-order valence-electron chi connectivity index (χ3n) is 3.23. The molecule has 4 heteroatoms. The van der Waals surface area contributed by atoms with Gasteiger partial charge in [0, 0.05) is 25.8 Å². The van der Waals surface area contributed by atoms with E-state index in [0.717, 1.165) is 25.1 Å². The van der Waals surface area contributed by atoms with Gasteiger partial charge in [-0.1, -0.05) is 6.92 Å². The number of aryl methyl sites for hydroxylation is 1. The van der Waals surface area contributed by atoms with E-state index in [9.17, 15) is 4.79 Å². The predicted molar refractivity (Wildman–Crippen MR) is 51.6 cm³/mol. The van der Waals surface area contributed by atoms with Crippen LogP contribution in [-0.2, 0) is 18.3 Å². The lowest BCUT2D eigenvalue weighted by Crippen LogP contribution is -2.15. The Balaban J connectivity index is 2.05. The topological polar surface area (TPSA) is 47.8 Å². The molecule has 0 radical (unpaired) electrons. The van der Waals surface area contributed by atoms with Crippen molar-refractivity contribution in [3.05, 3.63) is 12.2 Å². The summed E-state index contributed by atoms with van der Waals surface area (Å²) in [6.07, 6.45) is 4.19. The first-order valence-electron chi connectivity index (χ1n) is 5.04. The minimum absolute atomic E-state index is 0.201. The SMILES string of the molecule is CC1C(=O)CCC1Cc1ncnn1C. The maximum atomic E-state index is 11.4. The molecule has 1 aromatic rings. The summed E-state index contributed by atoms with van der Waals surface area (Å²) in [5.41, 5.74) is 0. The zero-order valence-corrected chi connectivity index (χ0v) is 8.60. The monoisotopic (exact) mass is 193 g/mol. The molecule has 1 fully saturated rings. The van der Waals surface area contributed by atoms with Gasteiger partial charge in [-0.15, -0.1) is 0 Å². The Morgan fingerprint density at radius 2 is 2.43 bits per heavy atom. The summed E-state index contributed by atoms with van der Waals surface area (Å²) in [7, 11) is 1.89. The Kier molecular flexibility index (Phi) is 2.35. The van der Waals surface area contributed by atoms with Crippen molar-refractivity contribution < 1.29 is 4.79 Å². The molecule has 0 amide bonds. The van der Waals surface area contributed by atoms with Crippen LogP contribution >= 0.6 is 0 Å². The van der Waals surface area contributed by atoms with E-state index in [1.807, 2.05) is 14.0 Å². The lowest BCUT2D eigenvalue weighted by Gasteiger charge is -2.12. The number of carbonyl (C=O) groups excluding carboxylic acids is 1. The maximum absolute atomic E-state index is 11.4. The van der Waals surface area contributed by atoms with Crippen LogP contribution in [0.15, 0.2) is 6.33 Å². The zero-order valence-electron chi connectivity index (χ0n) is 8.60. The molecule has 2 atom stereocenters. The number of Topliss-reactive ketones (excluding diaryl/α,β-unsaturated/α-hetero) is 1. The number of carbonyl (C=O) groups is 1. The molecule has 1 aliphatic carbocycles. The van der Waals surface area contributed by atoms with Gasteiger partial charge in [-0.3, -0.25) is 9.48 Å². The molecule has 0 aliphatic heterocycles. The van der Waals surface area contributed by atoms with E-state index in [4.69, 9.17) is 0 Å². The Bertz CT molecular complexity index is 345. The van der Waals surface area contributed by atoms with Crippen LogP contribution in [0.5, 0.6) is 0 Å². The van der Waals surface area contributed by atoms with E-state index < -0.39 is 0 Å². The third-order valence-corrected chi connectivity index (χ3v) is 3.23. The molecule has 0 aromatic carbocycles. The molecule has 0 saturated heterocycles. The normalized spacial score (nSPS) is 27.1. The number of ketones is 1. The predicted octanol–water partition coefficient (Wildman–Crippen LogP) is 0.973. The highest BCUT2D eigenvalue weighted by atomic mass is 16.1. The summed E-state index contributed by atoms with van der Waals surface area (Å²) in [5, 5.41) is 4.02. The molecule has 1 aromatic heterocycles. The summed E-state index contributed by atoms with van der Waals surface area (Å²) < 4.78 is 1.79. The summed E-state index contributed by atoms with van der Waals surface area (Å²) in [5.74, 6) is 2.05. The van der Waals surface area contributed by atoms with Gasteiger partial charge < -0.3 is 0 Å². The van der Waals surface area contributed by atoms with Gasteiger partial charge in [-0.25, -0.2) is 4.98 Å². The van der Waals surface area contributed by atoms with Gasteiger partial charge in [-0.2, -0.15) is 5.10 Å². The minimum Gasteiger partial charge on any atom is -0.299 e. The first-order valence-corrected chi connectivity index (χ1v) is 5.04. The molecule has 76 valence electrons. The van der Waals surface area contributed by atoms with Crippen LogP contribution in [0.1, 0.15) is 25.6 Å². The summed E-state index contributed by atoms with van der Waals surface area (Å²) >= 11 is 0. The largest absolute Gasteiger partial charge is 0.299 e. The van der Waals surface area contributed by atoms with E-state index >= 15 is 0 Å². The average molecular weight is 193 g/mol. The highest BCUT2D eigenvalue weighted by Gasteiger charge is 2.31. The zero-order chi connectivity index (χ0) is 10.1. The second kappa shape index (κ2) is 3.52. The van der Waals surface area contributed by atoms with E-state index in [2.05, 4.69) is 10.1 Å². The summed E-state index contributed by atoms with van der Waals surface area (Å²) in [6.45, 7) is 2.02. The Labute approximate surface area is 83.3 Å². The highest BCUT2D eigenvalue weighted by Crippen LogP contribution is 2.30. The van der Waals surface area contributed by atoms with Crippen molar-refractivity contribution in [1.29, 1.82) is 0 Å². The van der Waals surface area contributed by atoms with Crippen LogP contribution in [0, 0.1) is 11.8 Å². The van der Waals surface area contributed by atoms with Crippen LogP contribution in [0.2, 0.25) is 0 Å². The number of hydrogen-bond donors (Lipinski definition) is 0. The van der Waals surface area contributed by atoms with Crippen LogP contribution in [0.3, 0.4) is 0 Å². The van der Waals surface area contributed by atoms with Crippen LogP contribution in [-0.4, -0.2) is 20.5 Å². The fourth-order valence-electron chi connectivity index (χ4n) is 2.09. The quantitative estimate of drug-likeness (QED) is 0.703. The molecular formula is C10H15N3O. The van der Waals surface area contributed by atoms with Gasteiger partial charge in [0.05, 0.1) is 0 Å². The molecule has 2 unspecified atom stereocenters. The van der Waals surface area contributed by atoms with Crippen molar-refractivity contribution in [1.82, 2.24) is 14.8 Å². The van der Waals surface area contributed by atoms with Crippen molar-refractivity contribution in [2.45, 2.75) is 26.2 Å². The third kappa shape index (κ3) is 1.56. The Morgan fingerprint density at radius 1 is 1.64 bits per heavy atom. The van der Waals surface area contributed by atoms with Crippen LogP contribution in [0.4, 0.5) is 0 Å². The van der Waals surface area contributed by atoms with Gasteiger partial charge in [0.2, 0.25) is 0 Å². The number of aromatic nitrogens is 3. The Hall–Kier alpha value is -1.19. The van der Waals surface area contributed by atoms with Crippen LogP contribution in [0.25, 0.3) is 0 Å². The summed E-state index contributed by atoms with van der Waals surface area (Å²) in [6, 6.07) is 0. The molecule has 1 saturated carbocycles. The second-order valence-corrected chi connectivity index (χ2v) is 4.06. The average Bonchev–Trinajstić information content (AvgIpc) is 2.68. The fourth-order valence-corrected chi connectivity index (χ4v) is 2.09. The lowest BCUT2D eigenvalue weighted by atomic mass is 9.94. The molecule has 2 rings (SSSR count). The highest BCUT2D eigenvalue weighted by molar-refractivity contribution is 5.83. The molecule has 1 aliphatic rings. The minimum atomic E-state index is 0.201. The molecule has 0 spiro atoms. The van der Waals surface area contributed by atoms with Crippen molar-refractivity contribution in [2.75, 3.05) is 0 Å². The van der Waals surface area contributed by atoms with Gasteiger partial charge in [0.15, 0.2) is 0 Å². The van der Waals surface area contributed by atoms with Gasteiger partial charge in [-0.05, 0) is 12.3 Å². The maximum Gasteiger partial charge on any atom is 0.138 e. The molecule has 14 heavy (non-hydrogen) atoms. The summed E-state index contributed by atoms with van der Waals surface area (Å²) in [4.78, 5) is 15.5. The van der Waals surface area contributed by atoms with Crippen molar-refractivity contribution in [2.24, 2.45) is 18.9 Å². The molecule has 0 N–H and O–H groups in total.